The van der Waals surface area contributed by atoms with Crippen LogP contribution < -0.4 is 10.6 Å². The van der Waals surface area contributed by atoms with Gasteiger partial charge in [-0.3, -0.25) is 9.59 Å². The van der Waals surface area contributed by atoms with Crippen molar-refractivity contribution in [2.45, 2.75) is 31.8 Å². The molecule has 6 nitrogen and oxygen atoms in total. The van der Waals surface area contributed by atoms with Crippen LogP contribution in [0.1, 0.15) is 18.9 Å². The second kappa shape index (κ2) is 9.82. The summed E-state index contributed by atoms with van der Waals surface area (Å²) in [5, 5.41) is 16.5. The first kappa shape index (κ1) is 19.8. The van der Waals surface area contributed by atoms with E-state index < -0.39 is 24.0 Å². The van der Waals surface area contributed by atoms with Crippen molar-refractivity contribution in [2.24, 2.45) is 0 Å². The Labute approximate surface area is 156 Å². The number of carboxylic acids is 1. The third kappa shape index (κ3) is 6.40. The van der Waals surface area contributed by atoms with Crippen LogP contribution in [0.25, 0.3) is 0 Å². The Balaban J connectivity index is 2.07. The fourth-order valence-electron chi connectivity index (χ4n) is 2.58. The van der Waals surface area contributed by atoms with Crippen molar-refractivity contribution in [1.29, 1.82) is 0 Å². The summed E-state index contributed by atoms with van der Waals surface area (Å²) in [4.78, 5) is 35.6. The Morgan fingerprint density at radius 2 is 1.85 bits per heavy atom. The minimum Gasteiger partial charge on any atom is -0.480 e. The molecule has 0 fully saturated rings. The van der Waals surface area contributed by atoms with E-state index in [0.717, 1.165) is 16.9 Å². The first-order valence-electron chi connectivity index (χ1n) is 8.27. The van der Waals surface area contributed by atoms with Gasteiger partial charge in [-0.25, -0.2) is 4.79 Å². The van der Waals surface area contributed by atoms with Gasteiger partial charge in [0.25, 0.3) is 0 Å². The number of amides is 2. The lowest BCUT2D eigenvalue weighted by atomic mass is 10.0. The predicted molar refractivity (Wildman–Crippen MR) is 102 cm³/mol. The zero-order valence-electron chi connectivity index (χ0n) is 14.5. The Morgan fingerprint density at radius 3 is 2.42 bits per heavy atom. The molecule has 1 aliphatic rings. The fourth-order valence-corrected chi connectivity index (χ4v) is 3.27. The van der Waals surface area contributed by atoms with Crippen molar-refractivity contribution in [1.82, 2.24) is 10.6 Å². The zero-order chi connectivity index (χ0) is 18.9. The lowest BCUT2D eigenvalue weighted by Gasteiger charge is -2.22. The Morgan fingerprint density at radius 1 is 1.12 bits per heavy atom. The molecule has 0 bridgehead atoms. The van der Waals surface area contributed by atoms with Gasteiger partial charge in [0.05, 0.1) is 0 Å². The zero-order valence-corrected chi connectivity index (χ0v) is 15.3. The number of benzene rings is 1. The third-order valence-corrected chi connectivity index (χ3v) is 4.64. The average molecular weight is 374 g/mol. The van der Waals surface area contributed by atoms with Crippen molar-refractivity contribution in [3.8, 4) is 0 Å². The van der Waals surface area contributed by atoms with Gasteiger partial charge in [-0.15, -0.1) is 11.8 Å². The number of hydrogen-bond acceptors (Lipinski definition) is 4. The summed E-state index contributed by atoms with van der Waals surface area (Å²) in [7, 11) is 0. The van der Waals surface area contributed by atoms with Crippen LogP contribution >= 0.6 is 11.8 Å². The minimum absolute atomic E-state index is 0.197. The molecular weight excluding hydrogens is 352 g/mol. The van der Waals surface area contributed by atoms with Crippen molar-refractivity contribution >= 4 is 29.5 Å². The molecule has 1 aromatic rings. The van der Waals surface area contributed by atoms with Crippen LogP contribution in [0.4, 0.5) is 0 Å². The summed E-state index contributed by atoms with van der Waals surface area (Å²) >= 11 is 1.58. The van der Waals surface area contributed by atoms with Gasteiger partial charge in [0.15, 0.2) is 0 Å². The molecule has 138 valence electrons. The third-order valence-electron chi connectivity index (χ3n) is 3.79. The van der Waals surface area contributed by atoms with Gasteiger partial charge >= 0.3 is 5.97 Å². The number of carbonyl (C=O) groups excluding carboxylic acids is 2. The first-order chi connectivity index (χ1) is 12.5. The molecule has 26 heavy (non-hydrogen) atoms. The van der Waals surface area contributed by atoms with E-state index in [1.54, 1.807) is 11.8 Å². The van der Waals surface area contributed by atoms with E-state index in [2.05, 4.69) is 10.6 Å². The summed E-state index contributed by atoms with van der Waals surface area (Å²) < 4.78 is 0. The number of nitrogens with one attached hydrogen (secondary N) is 2. The second-order valence-electron chi connectivity index (χ2n) is 5.97. The van der Waals surface area contributed by atoms with Gasteiger partial charge in [-0.1, -0.05) is 42.5 Å². The van der Waals surface area contributed by atoms with Crippen LogP contribution in [0.3, 0.4) is 0 Å². The Kier molecular flexibility index (Phi) is 7.47. The number of rotatable bonds is 8. The smallest absolute Gasteiger partial charge is 0.326 e. The van der Waals surface area contributed by atoms with Crippen LogP contribution in [0.15, 0.2) is 53.5 Å². The molecule has 1 aromatic carbocycles. The van der Waals surface area contributed by atoms with Gasteiger partial charge in [0, 0.05) is 25.5 Å². The molecule has 0 aromatic heterocycles. The number of carbonyl (C=O) groups is 3. The summed E-state index contributed by atoms with van der Waals surface area (Å²) in [5.74, 6) is -1.11. The average Bonchev–Trinajstić information content (AvgIpc) is 2.62. The number of carboxylic acid groups (broad SMARTS) is 1. The summed E-state index contributed by atoms with van der Waals surface area (Å²) in [6.07, 6.45) is 4.31. The normalized spacial score (nSPS) is 15.5. The highest BCUT2D eigenvalue weighted by atomic mass is 32.2. The lowest BCUT2D eigenvalue weighted by molar-refractivity contribution is -0.142. The minimum atomic E-state index is -1.11. The maximum absolute atomic E-state index is 12.6. The topological polar surface area (TPSA) is 95.5 Å². The maximum atomic E-state index is 12.6. The van der Waals surface area contributed by atoms with Crippen LogP contribution in [0.2, 0.25) is 0 Å². The van der Waals surface area contributed by atoms with Crippen molar-refractivity contribution < 1.29 is 19.5 Å². The van der Waals surface area contributed by atoms with Crippen LogP contribution in [0, 0.1) is 0 Å². The van der Waals surface area contributed by atoms with Gasteiger partial charge in [-0.05, 0) is 16.5 Å². The summed E-state index contributed by atoms with van der Waals surface area (Å²) in [6.45, 7) is 1.33. The van der Waals surface area contributed by atoms with Crippen molar-refractivity contribution in [3.05, 3.63) is 59.0 Å². The standard InChI is InChI=1S/C19H22N2O4S/c1-13(22)20-16(10-14-6-3-2-4-7-14)18(23)21-17(19(24)25)11-15-8-5-9-26-12-15/h2-8,12,16-17H,9-11H2,1H3,(H,20,22)(H,21,23)(H,24,25)/t16-,17-/m0/s1. The highest BCUT2D eigenvalue weighted by molar-refractivity contribution is 8.02. The monoisotopic (exact) mass is 374 g/mol. The number of thioether (sulfide) groups is 1. The SMILES string of the molecule is CC(=O)N[C@@H](Cc1ccccc1)C(=O)N[C@@H](CC1=CSCC=C1)C(=O)O. The number of hydrogen-bond donors (Lipinski definition) is 3. The molecule has 7 heteroatoms. The van der Waals surface area contributed by atoms with Gasteiger partial charge < -0.3 is 15.7 Å². The van der Waals surface area contributed by atoms with Crippen molar-refractivity contribution in [2.75, 3.05) is 5.75 Å². The molecule has 3 N–H and O–H groups in total. The maximum Gasteiger partial charge on any atom is 0.326 e. The van der Waals surface area contributed by atoms with Crippen LogP contribution in [-0.4, -0.2) is 40.7 Å². The number of allylic oxidation sites excluding steroid dienone is 1. The van der Waals surface area contributed by atoms with Crippen LogP contribution in [-0.2, 0) is 20.8 Å². The second-order valence-corrected chi connectivity index (χ2v) is 6.88. The van der Waals surface area contributed by atoms with E-state index in [9.17, 15) is 19.5 Å². The van der Waals surface area contributed by atoms with E-state index in [4.69, 9.17) is 0 Å². The van der Waals surface area contributed by atoms with E-state index in [1.807, 2.05) is 47.9 Å². The molecule has 0 unspecified atom stereocenters. The van der Waals surface area contributed by atoms with Crippen LogP contribution in [0.5, 0.6) is 0 Å². The molecule has 1 aliphatic heterocycles. The quantitative estimate of drug-likeness (QED) is 0.646. The molecule has 0 spiro atoms. The Hall–Kier alpha value is -2.54. The first-order valence-corrected chi connectivity index (χ1v) is 9.32. The van der Waals surface area contributed by atoms with E-state index in [1.165, 1.54) is 6.92 Å². The highest BCUT2D eigenvalue weighted by Crippen LogP contribution is 2.19. The molecule has 0 saturated carbocycles. The largest absolute Gasteiger partial charge is 0.480 e. The van der Waals surface area contributed by atoms with Gasteiger partial charge in [0.1, 0.15) is 12.1 Å². The molecule has 0 saturated heterocycles. The highest BCUT2D eigenvalue weighted by Gasteiger charge is 2.26. The predicted octanol–water partition coefficient (Wildman–Crippen LogP) is 1.88. The van der Waals surface area contributed by atoms with E-state index >= 15 is 0 Å². The molecule has 2 rings (SSSR count). The van der Waals surface area contributed by atoms with Gasteiger partial charge in [-0.2, -0.15) is 0 Å². The molecule has 0 aliphatic carbocycles. The lowest BCUT2D eigenvalue weighted by Crippen LogP contribution is -2.52. The van der Waals surface area contributed by atoms with E-state index in [0.29, 0.717) is 0 Å². The fraction of sp³-hybridized carbons (Fsp3) is 0.316. The molecular formula is C19H22N2O4S. The van der Waals surface area contributed by atoms with Gasteiger partial charge in [0.2, 0.25) is 11.8 Å². The summed E-state index contributed by atoms with van der Waals surface area (Å²) in [5.41, 5.74) is 1.73. The van der Waals surface area contributed by atoms with E-state index in [-0.39, 0.29) is 18.7 Å². The van der Waals surface area contributed by atoms with Crippen molar-refractivity contribution in [3.63, 3.8) is 0 Å². The molecule has 2 atom stereocenters. The Bertz CT molecular complexity index is 716. The number of aliphatic carboxylic acids is 1. The molecule has 0 radical (unpaired) electrons. The molecule has 2 amide bonds. The summed E-state index contributed by atoms with van der Waals surface area (Å²) in [6, 6.07) is 7.37. The molecule has 1 heterocycles.